The molecule has 2 aromatic carbocycles. The maximum Gasteiger partial charge on any atom is 0.224 e. The Morgan fingerprint density at radius 1 is 1.17 bits per heavy atom. The van der Waals surface area contributed by atoms with Gasteiger partial charge in [-0.2, -0.15) is 0 Å². The highest BCUT2D eigenvalue weighted by Crippen LogP contribution is 2.23. The molecule has 23 heavy (non-hydrogen) atoms. The first-order chi connectivity index (χ1) is 11.0. The monoisotopic (exact) mass is 312 g/mol. The van der Waals surface area contributed by atoms with Gasteiger partial charge in [-0.05, 0) is 56.0 Å². The van der Waals surface area contributed by atoms with Crippen LogP contribution in [-0.2, 0) is 11.2 Å². The Bertz CT molecular complexity index is 676. The summed E-state index contributed by atoms with van der Waals surface area (Å²) in [5.41, 5.74) is 10.6. The van der Waals surface area contributed by atoms with Crippen LogP contribution in [0.4, 0.5) is 11.4 Å². The van der Waals surface area contributed by atoms with Gasteiger partial charge >= 0.3 is 0 Å². The van der Waals surface area contributed by atoms with Crippen LogP contribution in [-0.4, -0.2) is 12.5 Å². The number of nitrogens with two attached hydrogens (primary N) is 1. The smallest absolute Gasteiger partial charge is 0.224 e. The number of nitrogen functional groups attached to an aromatic ring is 1. The van der Waals surface area contributed by atoms with Gasteiger partial charge in [0.05, 0.1) is 12.3 Å². The van der Waals surface area contributed by atoms with Crippen molar-refractivity contribution in [2.24, 2.45) is 0 Å². The zero-order valence-corrected chi connectivity index (χ0v) is 14.0. The van der Waals surface area contributed by atoms with Crippen molar-refractivity contribution in [2.45, 2.75) is 33.6 Å². The first-order valence-corrected chi connectivity index (χ1v) is 7.88. The van der Waals surface area contributed by atoms with E-state index in [4.69, 9.17) is 10.5 Å². The standard InChI is InChI=1S/C19H24N2O2/c1-4-23-17-10-8-15(12-16(17)20)9-11-18(22)21-19-13(2)6-5-7-14(19)3/h5-8,10,12H,4,9,11,20H2,1-3H3,(H,21,22). The van der Waals surface area contributed by atoms with Gasteiger partial charge in [0, 0.05) is 12.1 Å². The van der Waals surface area contributed by atoms with Gasteiger partial charge in [-0.25, -0.2) is 0 Å². The highest BCUT2D eigenvalue weighted by atomic mass is 16.5. The van der Waals surface area contributed by atoms with E-state index in [9.17, 15) is 4.79 Å². The Morgan fingerprint density at radius 2 is 1.87 bits per heavy atom. The summed E-state index contributed by atoms with van der Waals surface area (Å²) in [6.45, 7) is 6.50. The molecule has 0 aromatic heterocycles. The Morgan fingerprint density at radius 3 is 2.48 bits per heavy atom. The topological polar surface area (TPSA) is 64.3 Å². The Balaban J connectivity index is 1.95. The van der Waals surface area contributed by atoms with Gasteiger partial charge in [-0.15, -0.1) is 0 Å². The molecular formula is C19H24N2O2. The fourth-order valence-corrected chi connectivity index (χ4v) is 2.51. The first-order valence-electron chi connectivity index (χ1n) is 7.88. The molecule has 0 heterocycles. The summed E-state index contributed by atoms with van der Waals surface area (Å²) in [4.78, 5) is 12.2. The molecule has 0 bridgehead atoms. The van der Waals surface area contributed by atoms with E-state index in [-0.39, 0.29) is 5.91 Å². The molecule has 0 aliphatic rings. The van der Waals surface area contributed by atoms with E-state index in [1.165, 1.54) is 0 Å². The van der Waals surface area contributed by atoms with Gasteiger partial charge in [0.1, 0.15) is 5.75 Å². The van der Waals surface area contributed by atoms with E-state index in [1.54, 1.807) is 0 Å². The Hall–Kier alpha value is -2.49. The predicted octanol–water partition coefficient (Wildman–Crippen LogP) is 3.86. The molecule has 0 saturated heterocycles. The van der Waals surface area contributed by atoms with E-state index in [0.29, 0.717) is 30.9 Å². The summed E-state index contributed by atoms with van der Waals surface area (Å²) in [6.07, 6.45) is 1.06. The minimum Gasteiger partial charge on any atom is -0.492 e. The molecule has 0 aliphatic carbocycles. The van der Waals surface area contributed by atoms with Crippen molar-refractivity contribution in [3.8, 4) is 5.75 Å². The molecule has 4 heteroatoms. The predicted molar refractivity (Wildman–Crippen MR) is 94.9 cm³/mol. The lowest BCUT2D eigenvalue weighted by Crippen LogP contribution is -2.14. The van der Waals surface area contributed by atoms with Crippen LogP contribution >= 0.6 is 0 Å². The molecule has 4 nitrogen and oxygen atoms in total. The summed E-state index contributed by atoms with van der Waals surface area (Å²) in [7, 11) is 0. The van der Waals surface area contributed by atoms with Gasteiger partial charge in [-0.1, -0.05) is 24.3 Å². The first kappa shape index (κ1) is 16.9. The summed E-state index contributed by atoms with van der Waals surface area (Å²) in [5, 5.41) is 3.00. The molecule has 0 saturated carbocycles. The van der Waals surface area contributed by atoms with E-state index in [1.807, 2.05) is 57.2 Å². The summed E-state index contributed by atoms with van der Waals surface area (Å²) in [6, 6.07) is 11.7. The number of hydrogen-bond acceptors (Lipinski definition) is 3. The number of hydrogen-bond donors (Lipinski definition) is 2. The molecule has 0 aliphatic heterocycles. The van der Waals surface area contributed by atoms with E-state index >= 15 is 0 Å². The molecule has 3 N–H and O–H groups in total. The van der Waals surface area contributed by atoms with Crippen molar-refractivity contribution in [3.63, 3.8) is 0 Å². The summed E-state index contributed by atoms with van der Waals surface area (Å²) >= 11 is 0. The van der Waals surface area contributed by atoms with E-state index in [0.717, 1.165) is 22.4 Å². The van der Waals surface area contributed by atoms with Crippen molar-refractivity contribution < 1.29 is 9.53 Å². The van der Waals surface area contributed by atoms with Crippen molar-refractivity contribution in [2.75, 3.05) is 17.7 Å². The molecule has 0 radical (unpaired) electrons. The van der Waals surface area contributed by atoms with Gasteiger partial charge < -0.3 is 15.8 Å². The second kappa shape index (κ2) is 7.68. The number of benzene rings is 2. The molecule has 122 valence electrons. The molecular weight excluding hydrogens is 288 g/mol. The molecule has 2 rings (SSSR count). The second-order valence-corrected chi connectivity index (χ2v) is 5.62. The van der Waals surface area contributed by atoms with Crippen LogP contribution in [0.25, 0.3) is 0 Å². The number of carbonyl (C=O) groups is 1. The highest BCUT2D eigenvalue weighted by molar-refractivity contribution is 5.92. The number of para-hydroxylation sites is 1. The third kappa shape index (κ3) is 4.49. The van der Waals surface area contributed by atoms with Crippen LogP contribution in [0.1, 0.15) is 30.0 Å². The van der Waals surface area contributed by atoms with Crippen molar-refractivity contribution >= 4 is 17.3 Å². The lowest BCUT2D eigenvalue weighted by atomic mass is 10.1. The zero-order chi connectivity index (χ0) is 16.8. The number of nitrogens with one attached hydrogen (secondary N) is 1. The second-order valence-electron chi connectivity index (χ2n) is 5.62. The van der Waals surface area contributed by atoms with Crippen LogP contribution in [0.2, 0.25) is 0 Å². The maximum atomic E-state index is 12.2. The minimum atomic E-state index is 0.00913. The van der Waals surface area contributed by atoms with Crippen molar-refractivity contribution in [3.05, 3.63) is 53.1 Å². The largest absolute Gasteiger partial charge is 0.492 e. The average Bonchev–Trinajstić information content (AvgIpc) is 2.51. The number of ether oxygens (including phenoxy) is 1. The van der Waals surface area contributed by atoms with E-state index in [2.05, 4.69) is 5.32 Å². The van der Waals surface area contributed by atoms with Gasteiger partial charge in [0.25, 0.3) is 0 Å². The fraction of sp³-hybridized carbons (Fsp3) is 0.316. The van der Waals surface area contributed by atoms with Crippen LogP contribution in [0, 0.1) is 13.8 Å². The van der Waals surface area contributed by atoms with Crippen LogP contribution in [0.3, 0.4) is 0 Å². The van der Waals surface area contributed by atoms with Crippen LogP contribution < -0.4 is 15.8 Å². The third-order valence-corrected chi connectivity index (χ3v) is 3.76. The number of amides is 1. The molecule has 1 amide bonds. The highest BCUT2D eigenvalue weighted by Gasteiger charge is 2.08. The number of rotatable bonds is 6. The normalized spacial score (nSPS) is 10.4. The zero-order valence-electron chi connectivity index (χ0n) is 14.0. The van der Waals surface area contributed by atoms with Crippen LogP contribution in [0.15, 0.2) is 36.4 Å². The number of anilines is 2. The van der Waals surface area contributed by atoms with Crippen LogP contribution in [0.5, 0.6) is 5.75 Å². The Kier molecular flexibility index (Phi) is 5.63. The SMILES string of the molecule is CCOc1ccc(CCC(=O)Nc2c(C)cccc2C)cc1N. The third-order valence-electron chi connectivity index (χ3n) is 3.76. The summed E-state index contributed by atoms with van der Waals surface area (Å²) in [5.74, 6) is 0.700. The molecule has 0 spiro atoms. The fourth-order valence-electron chi connectivity index (χ4n) is 2.51. The van der Waals surface area contributed by atoms with Gasteiger partial charge in [-0.3, -0.25) is 4.79 Å². The van der Waals surface area contributed by atoms with Crippen molar-refractivity contribution in [1.82, 2.24) is 0 Å². The Labute approximate surface area is 137 Å². The quantitative estimate of drug-likeness (QED) is 0.796. The molecule has 0 fully saturated rings. The lowest BCUT2D eigenvalue weighted by molar-refractivity contribution is -0.116. The van der Waals surface area contributed by atoms with Gasteiger partial charge in [0.15, 0.2) is 0 Å². The van der Waals surface area contributed by atoms with E-state index < -0.39 is 0 Å². The maximum absolute atomic E-state index is 12.2. The lowest BCUT2D eigenvalue weighted by Gasteiger charge is -2.12. The van der Waals surface area contributed by atoms with Crippen molar-refractivity contribution in [1.29, 1.82) is 0 Å². The molecule has 0 atom stereocenters. The number of aryl methyl sites for hydroxylation is 3. The molecule has 2 aromatic rings. The summed E-state index contributed by atoms with van der Waals surface area (Å²) < 4.78 is 5.42. The van der Waals surface area contributed by atoms with Gasteiger partial charge in [0.2, 0.25) is 5.91 Å². The molecule has 0 unspecified atom stereocenters. The average molecular weight is 312 g/mol. The number of carbonyl (C=O) groups excluding carboxylic acids is 1. The minimum absolute atomic E-state index is 0.00913.